The number of ether oxygens (including phenoxy) is 1. The van der Waals surface area contributed by atoms with Gasteiger partial charge < -0.3 is 15.8 Å². The number of anilines is 1. The Bertz CT molecular complexity index is 1190. The molecule has 0 aliphatic carbocycles. The number of unbranched alkanes of at least 4 members (excludes halogenated alkanes) is 1. The van der Waals surface area contributed by atoms with Gasteiger partial charge >= 0.3 is 0 Å². The summed E-state index contributed by atoms with van der Waals surface area (Å²) in [5.74, 6) is 1.68. The largest absolute Gasteiger partial charge is 0.489 e. The number of fused-ring (bicyclic) bond motifs is 1. The van der Waals surface area contributed by atoms with E-state index in [1.165, 1.54) is 0 Å². The zero-order valence-corrected chi connectivity index (χ0v) is 20.1. The van der Waals surface area contributed by atoms with Crippen LogP contribution in [0.15, 0.2) is 65.0 Å². The van der Waals surface area contributed by atoms with Gasteiger partial charge in [-0.1, -0.05) is 67.0 Å². The first-order chi connectivity index (χ1) is 16.0. The maximum atomic E-state index is 12.4. The van der Waals surface area contributed by atoms with Crippen molar-refractivity contribution in [1.82, 2.24) is 14.8 Å². The van der Waals surface area contributed by atoms with Crippen LogP contribution in [0.4, 0.5) is 5.95 Å². The average Bonchev–Trinajstić information content (AvgIpc) is 3.20. The molecule has 1 aliphatic rings. The molecule has 172 valence electrons. The number of amides is 1. The van der Waals surface area contributed by atoms with Crippen LogP contribution in [0.25, 0.3) is 0 Å². The Balaban J connectivity index is 1.65. The fourth-order valence-electron chi connectivity index (χ4n) is 3.68. The standard InChI is InChI=1S/C24H26ClN5O2S/c1-3-4-12-33-24-28-23-27-15(2)20(22(26)31)21(30(23)29-24)16-9-7-10-18(13-16)32-14-17-8-5-6-11-19(17)25/h5-11,13,21H,3-4,12,14H2,1-2H3,(H2,26,31)(H,27,28,29). The van der Waals surface area contributed by atoms with Gasteiger partial charge in [0.25, 0.3) is 0 Å². The first-order valence-electron chi connectivity index (χ1n) is 10.8. The molecule has 7 nitrogen and oxygen atoms in total. The molecule has 9 heteroatoms. The molecule has 1 unspecified atom stereocenters. The normalized spacial score (nSPS) is 15.2. The van der Waals surface area contributed by atoms with Crippen LogP contribution in [0.1, 0.15) is 43.9 Å². The summed E-state index contributed by atoms with van der Waals surface area (Å²) in [6, 6.07) is 14.7. The maximum Gasteiger partial charge on any atom is 0.248 e. The lowest BCUT2D eigenvalue weighted by Gasteiger charge is -2.27. The van der Waals surface area contributed by atoms with Crippen molar-refractivity contribution >= 4 is 35.2 Å². The van der Waals surface area contributed by atoms with Crippen LogP contribution < -0.4 is 15.8 Å². The molecule has 1 atom stereocenters. The minimum atomic E-state index is -0.506. The predicted molar refractivity (Wildman–Crippen MR) is 132 cm³/mol. The van der Waals surface area contributed by atoms with Crippen LogP contribution in [0, 0.1) is 0 Å². The second-order valence-corrected chi connectivity index (χ2v) is 9.22. The lowest BCUT2D eigenvalue weighted by atomic mass is 9.95. The molecule has 1 aromatic heterocycles. The van der Waals surface area contributed by atoms with Gasteiger partial charge in [0.1, 0.15) is 18.4 Å². The number of halogens is 1. The number of allylic oxidation sites excluding steroid dienone is 1. The predicted octanol–water partition coefficient (Wildman–Crippen LogP) is 5.18. The van der Waals surface area contributed by atoms with E-state index in [-0.39, 0.29) is 0 Å². The van der Waals surface area contributed by atoms with Crippen molar-refractivity contribution < 1.29 is 9.53 Å². The zero-order chi connectivity index (χ0) is 23.4. The third-order valence-electron chi connectivity index (χ3n) is 5.35. The number of benzene rings is 2. The first kappa shape index (κ1) is 23.2. The van der Waals surface area contributed by atoms with Crippen molar-refractivity contribution in [3.63, 3.8) is 0 Å². The Morgan fingerprint density at radius 2 is 2.09 bits per heavy atom. The number of aromatic nitrogens is 3. The zero-order valence-electron chi connectivity index (χ0n) is 18.5. The van der Waals surface area contributed by atoms with Gasteiger partial charge in [0.15, 0.2) is 0 Å². The molecule has 3 aromatic rings. The summed E-state index contributed by atoms with van der Waals surface area (Å²) in [7, 11) is 0. The Labute approximate surface area is 202 Å². The van der Waals surface area contributed by atoms with Gasteiger partial charge in [-0.3, -0.25) is 4.79 Å². The quantitative estimate of drug-likeness (QED) is 0.322. The van der Waals surface area contributed by atoms with E-state index in [1.807, 2.05) is 55.5 Å². The summed E-state index contributed by atoms with van der Waals surface area (Å²) in [6.07, 6.45) is 2.19. The average molecular weight is 484 g/mol. The molecule has 0 saturated heterocycles. The van der Waals surface area contributed by atoms with Gasteiger partial charge in [-0.15, -0.1) is 5.10 Å². The molecule has 4 rings (SSSR count). The summed E-state index contributed by atoms with van der Waals surface area (Å²) in [4.78, 5) is 17.0. The van der Waals surface area contributed by atoms with Crippen LogP contribution in [0.3, 0.4) is 0 Å². The molecule has 0 fully saturated rings. The molecule has 0 radical (unpaired) electrons. The number of thioether (sulfide) groups is 1. The number of rotatable bonds is 9. The van der Waals surface area contributed by atoms with Crippen LogP contribution in [0.2, 0.25) is 5.02 Å². The summed E-state index contributed by atoms with van der Waals surface area (Å²) in [6.45, 7) is 4.31. The van der Waals surface area contributed by atoms with Crippen molar-refractivity contribution in [1.29, 1.82) is 0 Å². The SMILES string of the molecule is CCCCSc1nc2n(n1)C(c1cccc(OCc3ccccc3Cl)c1)C(C(N)=O)=C(C)N2. The Kier molecular flexibility index (Phi) is 7.25. The molecule has 0 bridgehead atoms. The fourth-order valence-corrected chi connectivity index (χ4v) is 4.78. The molecule has 2 aromatic carbocycles. The topological polar surface area (TPSA) is 95.1 Å². The number of carbonyl (C=O) groups is 1. The molecule has 0 spiro atoms. The molecule has 2 heterocycles. The molecule has 3 N–H and O–H groups in total. The number of nitrogens with zero attached hydrogens (tertiary/aromatic N) is 3. The van der Waals surface area contributed by atoms with Crippen molar-refractivity contribution in [2.75, 3.05) is 11.1 Å². The molecular formula is C24H26ClN5O2S. The number of carbonyl (C=O) groups excluding carboxylic acids is 1. The minimum absolute atomic E-state index is 0.333. The van der Waals surface area contributed by atoms with Gasteiger partial charge in [0, 0.05) is 22.0 Å². The van der Waals surface area contributed by atoms with E-state index in [9.17, 15) is 4.79 Å². The second-order valence-electron chi connectivity index (χ2n) is 7.75. The van der Waals surface area contributed by atoms with E-state index in [1.54, 1.807) is 16.4 Å². The summed E-state index contributed by atoms with van der Waals surface area (Å²) < 4.78 is 7.73. The molecule has 0 saturated carbocycles. The van der Waals surface area contributed by atoms with Crippen molar-refractivity contribution in [3.05, 3.63) is 76.0 Å². The van der Waals surface area contributed by atoms with Gasteiger partial charge in [-0.25, -0.2) is 4.68 Å². The van der Waals surface area contributed by atoms with Crippen LogP contribution >= 0.6 is 23.4 Å². The third kappa shape index (κ3) is 5.17. The van der Waals surface area contributed by atoms with E-state index < -0.39 is 11.9 Å². The van der Waals surface area contributed by atoms with Gasteiger partial charge in [0.2, 0.25) is 17.0 Å². The number of nitrogens with two attached hydrogens (primary N) is 1. The van der Waals surface area contributed by atoms with E-state index in [0.29, 0.717) is 39.8 Å². The maximum absolute atomic E-state index is 12.4. The van der Waals surface area contributed by atoms with E-state index in [4.69, 9.17) is 22.1 Å². The molecular weight excluding hydrogens is 458 g/mol. The lowest BCUT2D eigenvalue weighted by Crippen LogP contribution is -2.31. The highest BCUT2D eigenvalue weighted by molar-refractivity contribution is 7.99. The number of hydrogen-bond donors (Lipinski definition) is 2. The van der Waals surface area contributed by atoms with Crippen LogP contribution in [-0.4, -0.2) is 26.4 Å². The number of primary amides is 1. The molecule has 1 amide bonds. The second kappa shape index (κ2) is 10.3. The third-order valence-corrected chi connectivity index (χ3v) is 6.65. The fraction of sp³-hybridized carbons (Fsp3) is 0.292. The Hall–Kier alpha value is -2.97. The highest BCUT2D eigenvalue weighted by Gasteiger charge is 2.33. The number of hydrogen-bond acceptors (Lipinski definition) is 6. The monoisotopic (exact) mass is 483 g/mol. The Morgan fingerprint density at radius 1 is 1.27 bits per heavy atom. The lowest BCUT2D eigenvalue weighted by molar-refractivity contribution is -0.115. The minimum Gasteiger partial charge on any atom is -0.489 e. The number of nitrogens with one attached hydrogen (secondary N) is 1. The van der Waals surface area contributed by atoms with E-state index >= 15 is 0 Å². The summed E-state index contributed by atoms with van der Waals surface area (Å²) in [5.41, 5.74) is 8.63. The summed E-state index contributed by atoms with van der Waals surface area (Å²) >= 11 is 7.85. The van der Waals surface area contributed by atoms with Crippen LogP contribution in [0.5, 0.6) is 5.75 Å². The molecule has 33 heavy (non-hydrogen) atoms. The van der Waals surface area contributed by atoms with Crippen LogP contribution in [-0.2, 0) is 11.4 Å². The van der Waals surface area contributed by atoms with Crippen molar-refractivity contribution in [2.45, 2.75) is 44.5 Å². The van der Waals surface area contributed by atoms with E-state index in [0.717, 1.165) is 29.7 Å². The highest BCUT2D eigenvalue weighted by Crippen LogP contribution is 2.37. The highest BCUT2D eigenvalue weighted by atomic mass is 35.5. The van der Waals surface area contributed by atoms with Gasteiger partial charge in [-0.05, 0) is 37.1 Å². The summed E-state index contributed by atoms with van der Waals surface area (Å²) in [5, 5.41) is 9.19. The van der Waals surface area contributed by atoms with Gasteiger partial charge in [-0.2, -0.15) is 4.98 Å². The first-order valence-corrected chi connectivity index (χ1v) is 12.2. The van der Waals surface area contributed by atoms with Crippen molar-refractivity contribution in [2.24, 2.45) is 5.73 Å². The smallest absolute Gasteiger partial charge is 0.248 e. The van der Waals surface area contributed by atoms with Crippen molar-refractivity contribution in [3.8, 4) is 5.75 Å². The van der Waals surface area contributed by atoms with Gasteiger partial charge in [0.05, 0.1) is 5.57 Å². The van der Waals surface area contributed by atoms with E-state index in [2.05, 4.69) is 22.3 Å². The Morgan fingerprint density at radius 3 is 2.85 bits per heavy atom. The molecule has 1 aliphatic heterocycles.